The molecule has 0 saturated carbocycles. The Morgan fingerprint density at radius 1 is 0.288 bits per heavy atom. The summed E-state index contributed by atoms with van der Waals surface area (Å²) in [6.07, 6.45) is 0. The average molecular weight is 755 g/mol. The summed E-state index contributed by atoms with van der Waals surface area (Å²) < 4.78 is 6.66. The van der Waals surface area contributed by atoms with Crippen molar-refractivity contribution in [3.05, 3.63) is 206 Å². The summed E-state index contributed by atoms with van der Waals surface area (Å²) in [5.74, 6) is 1.87. The molecule has 0 atom stereocenters. The second kappa shape index (κ2) is 14.5. The van der Waals surface area contributed by atoms with E-state index in [4.69, 9.17) is 24.4 Å². The zero-order valence-corrected chi connectivity index (χ0v) is 31.8. The predicted molar refractivity (Wildman–Crippen MR) is 240 cm³/mol. The van der Waals surface area contributed by atoms with E-state index in [1.807, 2.05) is 78.9 Å². The van der Waals surface area contributed by atoms with Gasteiger partial charge in [0.05, 0.1) is 5.52 Å². The number of fused-ring (bicyclic) bond motifs is 5. The van der Waals surface area contributed by atoms with Crippen molar-refractivity contribution in [2.24, 2.45) is 0 Å². The van der Waals surface area contributed by atoms with Crippen LogP contribution < -0.4 is 0 Å². The Morgan fingerprint density at radius 3 is 1.36 bits per heavy atom. The Bertz CT molecular complexity index is 3270. The van der Waals surface area contributed by atoms with Crippen molar-refractivity contribution in [1.82, 2.24) is 19.9 Å². The van der Waals surface area contributed by atoms with Gasteiger partial charge in [-0.25, -0.2) is 19.9 Å². The lowest BCUT2D eigenvalue weighted by atomic mass is 9.96. The van der Waals surface area contributed by atoms with Gasteiger partial charge in [-0.3, -0.25) is 0 Å². The molecule has 0 unspecified atom stereocenters. The van der Waals surface area contributed by atoms with Crippen LogP contribution in [-0.2, 0) is 0 Å². The molecule has 11 aromatic rings. The van der Waals surface area contributed by atoms with Gasteiger partial charge in [0.2, 0.25) is 0 Å². The number of benzene rings is 8. The maximum absolute atomic E-state index is 6.66. The van der Waals surface area contributed by atoms with Crippen LogP contribution in [0.2, 0.25) is 0 Å². The highest BCUT2D eigenvalue weighted by atomic mass is 16.3. The summed E-state index contributed by atoms with van der Waals surface area (Å²) in [5, 5.41) is 3.19. The Labute approximate surface area is 341 Å². The summed E-state index contributed by atoms with van der Waals surface area (Å²) in [7, 11) is 0. The maximum atomic E-state index is 6.66. The third-order valence-electron chi connectivity index (χ3n) is 10.9. The van der Waals surface area contributed by atoms with Gasteiger partial charge in [0, 0.05) is 38.4 Å². The fourth-order valence-corrected chi connectivity index (χ4v) is 7.99. The van der Waals surface area contributed by atoms with E-state index in [-0.39, 0.29) is 0 Å². The van der Waals surface area contributed by atoms with E-state index >= 15 is 0 Å². The highest BCUT2D eigenvalue weighted by molar-refractivity contribution is 6.21. The molecule has 8 aromatic carbocycles. The molecule has 0 radical (unpaired) electrons. The molecule has 5 heteroatoms. The molecule has 5 nitrogen and oxygen atoms in total. The number of pyridine rings is 1. The first-order valence-corrected chi connectivity index (χ1v) is 19.7. The van der Waals surface area contributed by atoms with Crippen LogP contribution in [0.3, 0.4) is 0 Å². The van der Waals surface area contributed by atoms with Crippen molar-refractivity contribution in [2.75, 3.05) is 0 Å². The summed E-state index contributed by atoms with van der Waals surface area (Å²) in [6, 6.07) is 71.1. The molecule has 0 spiro atoms. The van der Waals surface area contributed by atoms with Crippen LogP contribution in [0.15, 0.2) is 211 Å². The second-order valence-corrected chi connectivity index (χ2v) is 14.6. The molecular formula is C54H34N4O. The standard InChI is InChI=1S/C54H34N4O/c1-4-15-35(16-5-1)38-21-12-22-39(31-38)42-29-30-45-47(34-42)55-50(51-49(45)46-27-10-11-28-48(46)59-51)43-25-13-23-40(32-43)41-24-14-26-44(33-41)54-57-52(36-17-6-2-7-18-36)56-53(58-54)37-19-8-3-9-20-37/h1-34H. The van der Waals surface area contributed by atoms with E-state index in [2.05, 4.69) is 127 Å². The van der Waals surface area contributed by atoms with Crippen molar-refractivity contribution >= 4 is 32.8 Å². The van der Waals surface area contributed by atoms with Gasteiger partial charge in [-0.05, 0) is 63.7 Å². The molecule has 276 valence electrons. The molecule has 0 fully saturated rings. The molecule has 0 N–H and O–H groups in total. The normalized spacial score (nSPS) is 11.4. The minimum Gasteiger partial charge on any atom is -0.454 e. The van der Waals surface area contributed by atoms with Gasteiger partial charge < -0.3 is 4.42 Å². The lowest BCUT2D eigenvalue weighted by Gasteiger charge is -2.11. The molecule has 0 bridgehead atoms. The van der Waals surface area contributed by atoms with Gasteiger partial charge in [-0.1, -0.05) is 176 Å². The van der Waals surface area contributed by atoms with Crippen molar-refractivity contribution in [2.45, 2.75) is 0 Å². The first kappa shape index (κ1) is 34.2. The van der Waals surface area contributed by atoms with Gasteiger partial charge in [0.15, 0.2) is 23.1 Å². The first-order chi connectivity index (χ1) is 29.2. The number of furan rings is 1. The average Bonchev–Trinajstić information content (AvgIpc) is 3.72. The number of para-hydroxylation sites is 1. The van der Waals surface area contributed by atoms with Crippen LogP contribution in [0.4, 0.5) is 0 Å². The second-order valence-electron chi connectivity index (χ2n) is 14.6. The van der Waals surface area contributed by atoms with E-state index in [0.29, 0.717) is 17.5 Å². The summed E-state index contributed by atoms with van der Waals surface area (Å²) in [6.45, 7) is 0. The van der Waals surface area contributed by atoms with Crippen molar-refractivity contribution in [3.63, 3.8) is 0 Å². The Balaban J connectivity index is 1.03. The third-order valence-corrected chi connectivity index (χ3v) is 10.9. The first-order valence-electron chi connectivity index (χ1n) is 19.7. The Hall–Kier alpha value is -8.02. The number of nitrogens with zero attached hydrogens (tertiary/aromatic N) is 4. The molecule has 3 heterocycles. The predicted octanol–water partition coefficient (Wildman–Crippen LogP) is 14.0. The molecule has 11 rings (SSSR count). The summed E-state index contributed by atoms with van der Waals surface area (Å²) >= 11 is 0. The topological polar surface area (TPSA) is 64.7 Å². The fourth-order valence-electron chi connectivity index (χ4n) is 7.99. The molecular weight excluding hydrogens is 721 g/mol. The van der Waals surface area contributed by atoms with Gasteiger partial charge in [0.25, 0.3) is 0 Å². The SMILES string of the molecule is c1ccc(-c2cccc(-c3ccc4c(c3)nc(-c3cccc(-c5cccc(-c6nc(-c7ccccc7)nc(-c7ccccc7)n6)c5)c3)c3oc5ccccc5c34)c2)cc1. The highest BCUT2D eigenvalue weighted by Crippen LogP contribution is 2.41. The molecule has 59 heavy (non-hydrogen) atoms. The zero-order valence-electron chi connectivity index (χ0n) is 31.8. The Kier molecular flexibility index (Phi) is 8.41. The van der Waals surface area contributed by atoms with Crippen molar-refractivity contribution < 1.29 is 4.42 Å². The minimum atomic E-state index is 0.612. The largest absolute Gasteiger partial charge is 0.454 e. The van der Waals surface area contributed by atoms with Gasteiger partial charge in [0.1, 0.15) is 11.3 Å². The zero-order chi connectivity index (χ0) is 39.1. The molecule has 0 aliphatic heterocycles. The van der Waals surface area contributed by atoms with Gasteiger partial charge in [-0.2, -0.15) is 0 Å². The van der Waals surface area contributed by atoms with Crippen LogP contribution in [-0.4, -0.2) is 19.9 Å². The fraction of sp³-hybridized carbons (Fsp3) is 0. The molecule has 0 aliphatic carbocycles. The Morgan fingerprint density at radius 2 is 0.729 bits per heavy atom. The molecule has 0 aliphatic rings. The summed E-state index contributed by atoms with van der Waals surface area (Å²) in [4.78, 5) is 20.3. The minimum absolute atomic E-state index is 0.612. The summed E-state index contributed by atoms with van der Waals surface area (Å²) in [5.41, 5.74) is 13.8. The molecule has 0 saturated heterocycles. The van der Waals surface area contributed by atoms with E-state index in [9.17, 15) is 0 Å². The number of rotatable bonds is 7. The molecule has 3 aromatic heterocycles. The highest BCUT2D eigenvalue weighted by Gasteiger charge is 2.19. The van der Waals surface area contributed by atoms with E-state index < -0.39 is 0 Å². The van der Waals surface area contributed by atoms with Crippen LogP contribution in [0.5, 0.6) is 0 Å². The van der Waals surface area contributed by atoms with Crippen LogP contribution in [0.1, 0.15) is 0 Å². The van der Waals surface area contributed by atoms with Gasteiger partial charge >= 0.3 is 0 Å². The quantitative estimate of drug-likeness (QED) is 0.162. The van der Waals surface area contributed by atoms with Crippen LogP contribution in [0.25, 0.3) is 112 Å². The van der Waals surface area contributed by atoms with Crippen LogP contribution >= 0.6 is 0 Å². The lowest BCUT2D eigenvalue weighted by molar-refractivity contribution is 0.669. The van der Waals surface area contributed by atoms with Crippen molar-refractivity contribution in [1.29, 1.82) is 0 Å². The van der Waals surface area contributed by atoms with Crippen LogP contribution in [0, 0.1) is 0 Å². The maximum Gasteiger partial charge on any atom is 0.164 e. The number of aromatic nitrogens is 4. The number of hydrogen-bond acceptors (Lipinski definition) is 5. The van der Waals surface area contributed by atoms with Crippen molar-refractivity contribution in [3.8, 4) is 78.8 Å². The smallest absolute Gasteiger partial charge is 0.164 e. The van der Waals surface area contributed by atoms with Gasteiger partial charge in [-0.15, -0.1) is 0 Å². The monoisotopic (exact) mass is 754 g/mol. The lowest BCUT2D eigenvalue weighted by Crippen LogP contribution is -2.00. The van der Waals surface area contributed by atoms with E-state index in [1.165, 1.54) is 11.1 Å². The van der Waals surface area contributed by atoms with E-state index in [1.54, 1.807) is 0 Å². The van der Waals surface area contributed by atoms with E-state index in [0.717, 1.165) is 83.0 Å². The molecule has 0 amide bonds. The third kappa shape index (κ3) is 6.41. The number of hydrogen-bond donors (Lipinski definition) is 0.